The van der Waals surface area contributed by atoms with Crippen LogP contribution in [0.4, 0.5) is 23.7 Å². The zero-order valence-electron chi connectivity index (χ0n) is 36.3. The van der Waals surface area contributed by atoms with E-state index in [1.807, 2.05) is 33.0 Å². The van der Waals surface area contributed by atoms with Crippen LogP contribution >= 0.6 is 0 Å². The number of nitrogens with one attached hydrogen (secondary N) is 2. The number of nitrogens with zero attached hydrogens (tertiary/aromatic N) is 5. The molecule has 0 bridgehead atoms. The Morgan fingerprint density at radius 1 is 0.812 bits per heavy atom. The van der Waals surface area contributed by atoms with Crippen LogP contribution in [-0.4, -0.2) is 119 Å². The minimum absolute atomic E-state index is 0.0751. The first kappa shape index (κ1) is 44.7. The van der Waals surface area contributed by atoms with Crippen LogP contribution in [0.15, 0.2) is 66.9 Å². The molecule has 8 rings (SSSR count). The first-order chi connectivity index (χ1) is 30.5. The molecule has 3 fully saturated rings. The van der Waals surface area contributed by atoms with Crippen molar-refractivity contribution in [2.75, 3.05) is 57.3 Å². The molecular weight excluding hydrogens is 832 g/mol. The summed E-state index contributed by atoms with van der Waals surface area (Å²) in [5.41, 5.74) is 4.62. The van der Waals surface area contributed by atoms with Crippen molar-refractivity contribution >= 4 is 46.3 Å². The quantitative estimate of drug-likeness (QED) is 0.119. The monoisotopic (exact) mass is 885 g/mol. The first-order valence-electron chi connectivity index (χ1n) is 22.0. The van der Waals surface area contributed by atoms with Crippen LogP contribution in [0.25, 0.3) is 22.0 Å². The van der Waals surface area contributed by atoms with Crippen LogP contribution in [0.3, 0.4) is 0 Å². The van der Waals surface area contributed by atoms with Crippen molar-refractivity contribution in [3.8, 4) is 16.9 Å². The number of piperazine rings is 1. The lowest BCUT2D eigenvalue weighted by atomic mass is 9.95. The number of piperidine rings is 2. The molecule has 1 unspecified atom stereocenters. The number of alkyl halides is 3. The van der Waals surface area contributed by atoms with Crippen molar-refractivity contribution in [3.63, 3.8) is 0 Å². The predicted molar refractivity (Wildman–Crippen MR) is 233 cm³/mol. The van der Waals surface area contributed by atoms with Crippen LogP contribution in [0, 0.1) is 5.92 Å². The molecule has 3 saturated heterocycles. The number of aromatic nitrogens is 1. The molecule has 340 valence electrons. The second-order valence-electron chi connectivity index (χ2n) is 18.1. The Hall–Kier alpha value is -5.94. The minimum Gasteiger partial charge on any atom is -0.444 e. The van der Waals surface area contributed by atoms with Gasteiger partial charge in [0.05, 0.1) is 11.1 Å². The van der Waals surface area contributed by atoms with Gasteiger partial charge in [-0.15, -0.1) is 13.2 Å². The molecule has 3 aromatic carbocycles. The molecule has 1 atom stereocenters. The summed E-state index contributed by atoms with van der Waals surface area (Å²) >= 11 is 0. The summed E-state index contributed by atoms with van der Waals surface area (Å²) in [5, 5.41) is 6.03. The number of aryl methyl sites for hydroxylation is 1. The predicted octanol–water partition coefficient (Wildman–Crippen LogP) is 6.56. The number of likely N-dealkylation sites (tertiary alicyclic amines) is 1. The molecule has 2 N–H and O–H groups in total. The minimum atomic E-state index is -4.78. The molecule has 0 saturated carbocycles. The van der Waals surface area contributed by atoms with Crippen LogP contribution in [-0.2, 0) is 27.4 Å². The van der Waals surface area contributed by atoms with Gasteiger partial charge < -0.3 is 24.3 Å². The van der Waals surface area contributed by atoms with Gasteiger partial charge in [0.15, 0.2) is 0 Å². The fourth-order valence-corrected chi connectivity index (χ4v) is 9.24. The highest BCUT2D eigenvalue weighted by Gasteiger charge is 2.45. The van der Waals surface area contributed by atoms with Crippen molar-refractivity contribution in [1.29, 1.82) is 0 Å². The van der Waals surface area contributed by atoms with E-state index in [1.165, 1.54) is 12.1 Å². The molecular formula is C47H54F3N7O7. The van der Waals surface area contributed by atoms with Gasteiger partial charge in [-0.25, -0.2) is 4.79 Å². The fourth-order valence-electron chi connectivity index (χ4n) is 9.24. The number of anilines is 1. The number of benzene rings is 3. The second-order valence-corrected chi connectivity index (χ2v) is 18.1. The highest BCUT2D eigenvalue weighted by atomic mass is 19.4. The number of imide groups is 2. The Morgan fingerprint density at radius 2 is 1.53 bits per heavy atom. The molecule has 0 spiro atoms. The van der Waals surface area contributed by atoms with Crippen molar-refractivity contribution in [2.24, 2.45) is 5.92 Å². The Labute approximate surface area is 369 Å². The van der Waals surface area contributed by atoms with E-state index in [0.29, 0.717) is 25.4 Å². The van der Waals surface area contributed by atoms with Gasteiger partial charge >= 0.3 is 12.5 Å². The summed E-state index contributed by atoms with van der Waals surface area (Å²) in [6.07, 6.45) is -0.271. The number of amides is 5. The molecule has 64 heavy (non-hydrogen) atoms. The number of alkyl carbamates (subject to hydrolysis) is 1. The molecule has 1 aromatic heterocycles. The highest BCUT2D eigenvalue weighted by Crippen LogP contribution is 2.35. The van der Waals surface area contributed by atoms with Crippen LogP contribution in [0.5, 0.6) is 5.75 Å². The molecule has 5 amide bonds. The van der Waals surface area contributed by atoms with E-state index in [9.17, 15) is 37.1 Å². The molecule has 0 aliphatic carbocycles. The molecule has 17 heteroatoms. The Bertz CT molecular complexity index is 2410. The van der Waals surface area contributed by atoms with Gasteiger partial charge in [-0.3, -0.25) is 39.2 Å². The molecule has 4 aromatic rings. The van der Waals surface area contributed by atoms with Gasteiger partial charge in [-0.1, -0.05) is 18.2 Å². The van der Waals surface area contributed by atoms with Crippen LogP contribution in [0.1, 0.15) is 79.2 Å². The summed E-state index contributed by atoms with van der Waals surface area (Å²) in [7, 11) is 0. The standard InChI is InChI=1S/C47H54F3N7O7/c1-46(2,3)64-45(62)51-17-4-18-56-29-38(32-6-9-34(10-7-32)63-47(48,49)50)36-25-31(5-12-39(36)56)28-53-19-15-30(16-20-53)27-54-21-23-55(24-22-54)33-8-11-35-37(26-33)44(61)57(43(35)60)40-13-14-41(58)52-42(40)59/h5-12,25-26,29-30,40H,4,13-24,27-28H2,1-3H3,(H,51,62)(H,52,58,59). The maximum Gasteiger partial charge on any atom is 0.573 e. The number of ether oxygens (including phenoxy) is 2. The summed E-state index contributed by atoms with van der Waals surface area (Å²) in [4.78, 5) is 71.0. The fraction of sp³-hybridized carbons (Fsp3) is 0.468. The van der Waals surface area contributed by atoms with E-state index >= 15 is 0 Å². The third-order valence-corrected chi connectivity index (χ3v) is 12.4. The van der Waals surface area contributed by atoms with Gasteiger partial charge in [0.25, 0.3) is 11.8 Å². The lowest BCUT2D eigenvalue weighted by Crippen LogP contribution is -2.54. The number of hydrogen-bond acceptors (Lipinski definition) is 10. The Balaban J connectivity index is 0.850. The highest BCUT2D eigenvalue weighted by molar-refractivity contribution is 6.23. The molecule has 4 aliphatic rings. The summed E-state index contributed by atoms with van der Waals surface area (Å²) < 4.78 is 50.3. The maximum absolute atomic E-state index is 13.4. The number of rotatable bonds is 12. The normalized spacial score (nSPS) is 19.3. The molecule has 4 aliphatic heterocycles. The first-order valence-corrected chi connectivity index (χ1v) is 22.0. The van der Waals surface area contributed by atoms with Gasteiger partial charge in [0, 0.05) is 87.1 Å². The van der Waals surface area contributed by atoms with Gasteiger partial charge in [0.1, 0.15) is 17.4 Å². The second kappa shape index (κ2) is 18.3. The average molecular weight is 886 g/mol. The number of carbonyl (C=O) groups is 5. The van der Waals surface area contributed by atoms with E-state index in [-0.39, 0.29) is 29.7 Å². The zero-order valence-corrected chi connectivity index (χ0v) is 36.3. The van der Waals surface area contributed by atoms with E-state index < -0.39 is 47.7 Å². The van der Waals surface area contributed by atoms with E-state index in [0.717, 1.165) is 103 Å². The number of carbonyl (C=O) groups excluding carboxylic acids is 5. The lowest BCUT2D eigenvalue weighted by Gasteiger charge is -2.39. The molecule has 5 heterocycles. The number of halogens is 3. The van der Waals surface area contributed by atoms with E-state index in [4.69, 9.17) is 4.74 Å². The van der Waals surface area contributed by atoms with Crippen LogP contribution < -0.4 is 20.3 Å². The topological polar surface area (TPSA) is 146 Å². The van der Waals surface area contributed by atoms with Gasteiger partial charge in [-0.2, -0.15) is 0 Å². The number of fused-ring (bicyclic) bond motifs is 2. The Kier molecular flexibility index (Phi) is 12.8. The largest absolute Gasteiger partial charge is 0.573 e. The van der Waals surface area contributed by atoms with Crippen molar-refractivity contribution in [2.45, 2.75) is 84.0 Å². The van der Waals surface area contributed by atoms with E-state index in [1.54, 1.807) is 24.3 Å². The molecule has 14 nitrogen and oxygen atoms in total. The number of hydrogen-bond donors (Lipinski definition) is 2. The van der Waals surface area contributed by atoms with Crippen LogP contribution in [0.2, 0.25) is 0 Å². The third kappa shape index (κ3) is 10.4. The maximum atomic E-state index is 13.4. The molecule has 0 radical (unpaired) electrons. The van der Waals surface area contributed by atoms with Gasteiger partial charge in [0.2, 0.25) is 11.8 Å². The lowest BCUT2D eigenvalue weighted by molar-refractivity contribution is -0.274. The zero-order chi connectivity index (χ0) is 45.3. The summed E-state index contributed by atoms with van der Waals surface area (Å²) in [5.74, 6) is -1.76. The Morgan fingerprint density at radius 3 is 2.22 bits per heavy atom. The third-order valence-electron chi connectivity index (χ3n) is 12.4. The van der Waals surface area contributed by atoms with Crippen molar-refractivity contribution < 1.29 is 46.6 Å². The van der Waals surface area contributed by atoms with Crippen molar-refractivity contribution in [1.82, 2.24) is 29.9 Å². The van der Waals surface area contributed by atoms with E-state index in [2.05, 4.69) is 52.8 Å². The summed E-state index contributed by atoms with van der Waals surface area (Å²) in [6, 6.07) is 16.6. The smallest absolute Gasteiger partial charge is 0.444 e. The average Bonchev–Trinajstić information content (AvgIpc) is 3.72. The van der Waals surface area contributed by atoms with Crippen molar-refractivity contribution in [3.05, 3.63) is 83.6 Å². The summed E-state index contributed by atoms with van der Waals surface area (Å²) in [6.45, 7) is 13.4. The SMILES string of the molecule is CC(C)(C)OC(=O)NCCCn1cc(-c2ccc(OC(F)(F)F)cc2)c2cc(CN3CCC(CN4CCN(c5ccc6c(c5)C(=O)N(C5CCC(=O)NC5=O)C6=O)CC4)CC3)ccc21. The van der Waals surface area contributed by atoms with Gasteiger partial charge in [-0.05, 0) is 119 Å².